The third-order valence-corrected chi connectivity index (χ3v) is 4.08. The van der Waals surface area contributed by atoms with E-state index >= 15 is 0 Å². The van der Waals surface area contributed by atoms with E-state index in [1.165, 1.54) is 12.1 Å². The van der Waals surface area contributed by atoms with Crippen LogP contribution in [0.3, 0.4) is 0 Å². The summed E-state index contributed by atoms with van der Waals surface area (Å²) in [6.45, 7) is 4.24. The molecular weight excluding hydrogens is 363 g/mol. The van der Waals surface area contributed by atoms with Gasteiger partial charge in [0.05, 0.1) is 17.9 Å². The van der Waals surface area contributed by atoms with Crippen molar-refractivity contribution in [3.63, 3.8) is 0 Å². The van der Waals surface area contributed by atoms with Gasteiger partial charge in [0.15, 0.2) is 0 Å². The van der Waals surface area contributed by atoms with Crippen molar-refractivity contribution < 1.29 is 13.9 Å². The molecule has 23 heavy (non-hydrogen) atoms. The fourth-order valence-electron chi connectivity index (χ4n) is 2.51. The van der Waals surface area contributed by atoms with Gasteiger partial charge in [-0.1, -0.05) is 22.0 Å². The average molecular weight is 379 g/mol. The van der Waals surface area contributed by atoms with E-state index in [1.807, 2.05) is 32.0 Å². The molecule has 2 amide bonds. The molecule has 0 bridgehead atoms. The quantitative estimate of drug-likeness (QED) is 0.779. The number of anilines is 2. The van der Waals surface area contributed by atoms with E-state index in [1.54, 1.807) is 11.0 Å². The van der Waals surface area contributed by atoms with Crippen LogP contribution in [-0.2, 0) is 0 Å². The lowest BCUT2D eigenvalue weighted by molar-refractivity contribution is 0.208. The van der Waals surface area contributed by atoms with Gasteiger partial charge in [0, 0.05) is 4.47 Å². The molecule has 1 aliphatic heterocycles. The average Bonchev–Trinajstić information content (AvgIpc) is 2.49. The first kappa shape index (κ1) is 15.8. The molecule has 1 aliphatic rings. The number of aryl methyl sites for hydroxylation is 1. The van der Waals surface area contributed by atoms with Crippen LogP contribution in [0.1, 0.15) is 12.5 Å². The molecule has 3 rings (SSSR count). The first-order valence-electron chi connectivity index (χ1n) is 7.25. The summed E-state index contributed by atoms with van der Waals surface area (Å²) in [5.74, 6) is 0.166. The first-order chi connectivity index (χ1) is 10.9. The summed E-state index contributed by atoms with van der Waals surface area (Å²) in [6.07, 6.45) is -0.134. The van der Waals surface area contributed by atoms with Gasteiger partial charge in [-0.2, -0.15) is 0 Å². The number of ether oxygens (including phenoxy) is 1. The van der Waals surface area contributed by atoms with Crippen molar-refractivity contribution in [3.8, 4) is 5.75 Å². The Morgan fingerprint density at radius 1 is 1.35 bits per heavy atom. The minimum Gasteiger partial charge on any atom is -0.487 e. The maximum atomic E-state index is 13.9. The molecule has 0 saturated heterocycles. The number of benzene rings is 2. The fraction of sp³-hybridized carbons (Fsp3) is 0.235. The standard InChI is InChI=1S/C17H16BrFN2O2/c1-10-3-6-16-15(7-10)21(9-11(2)23-16)17(22)20-14-5-4-12(18)8-13(14)19/h3-8,11H,9H2,1-2H3,(H,20,22)/t11-/m0/s1. The Kier molecular flexibility index (Phi) is 4.26. The highest BCUT2D eigenvalue weighted by Gasteiger charge is 2.28. The Morgan fingerprint density at radius 3 is 2.87 bits per heavy atom. The number of nitrogens with zero attached hydrogens (tertiary/aromatic N) is 1. The van der Waals surface area contributed by atoms with Crippen LogP contribution in [0.15, 0.2) is 40.9 Å². The van der Waals surface area contributed by atoms with Crippen LogP contribution in [0.5, 0.6) is 5.75 Å². The number of nitrogens with one attached hydrogen (secondary N) is 1. The van der Waals surface area contributed by atoms with E-state index in [9.17, 15) is 9.18 Å². The summed E-state index contributed by atoms with van der Waals surface area (Å²) in [4.78, 5) is 14.2. The van der Waals surface area contributed by atoms with Crippen molar-refractivity contribution in [1.29, 1.82) is 0 Å². The molecule has 0 spiro atoms. The largest absolute Gasteiger partial charge is 0.487 e. The first-order valence-corrected chi connectivity index (χ1v) is 8.04. The molecule has 1 atom stereocenters. The van der Waals surface area contributed by atoms with Crippen LogP contribution in [0, 0.1) is 12.7 Å². The van der Waals surface area contributed by atoms with E-state index in [2.05, 4.69) is 21.2 Å². The monoisotopic (exact) mass is 378 g/mol. The van der Waals surface area contributed by atoms with Crippen molar-refractivity contribution in [2.24, 2.45) is 0 Å². The molecule has 120 valence electrons. The molecule has 2 aromatic carbocycles. The Bertz CT molecular complexity index is 766. The van der Waals surface area contributed by atoms with E-state index < -0.39 is 5.82 Å². The molecule has 4 nitrogen and oxygen atoms in total. The van der Waals surface area contributed by atoms with Crippen LogP contribution >= 0.6 is 15.9 Å². The van der Waals surface area contributed by atoms with Crippen molar-refractivity contribution >= 4 is 33.3 Å². The lowest BCUT2D eigenvalue weighted by Crippen LogP contribution is -2.44. The number of urea groups is 1. The second kappa shape index (κ2) is 6.20. The number of fused-ring (bicyclic) bond motifs is 1. The van der Waals surface area contributed by atoms with Crippen molar-refractivity contribution in [2.75, 3.05) is 16.8 Å². The molecular formula is C17H16BrFN2O2. The van der Waals surface area contributed by atoms with E-state index in [0.29, 0.717) is 22.5 Å². The van der Waals surface area contributed by atoms with Crippen LogP contribution in [0.2, 0.25) is 0 Å². The highest BCUT2D eigenvalue weighted by Crippen LogP contribution is 2.34. The Balaban J connectivity index is 1.89. The van der Waals surface area contributed by atoms with Crippen molar-refractivity contribution in [1.82, 2.24) is 0 Å². The normalized spacial score (nSPS) is 16.5. The van der Waals surface area contributed by atoms with Gasteiger partial charge in [0.1, 0.15) is 17.7 Å². The molecule has 6 heteroatoms. The van der Waals surface area contributed by atoms with Crippen LogP contribution in [0.25, 0.3) is 0 Å². The minimum absolute atomic E-state index is 0.134. The van der Waals surface area contributed by atoms with E-state index in [4.69, 9.17) is 4.74 Å². The molecule has 0 unspecified atom stereocenters. The molecule has 0 radical (unpaired) electrons. The number of hydrogen-bond donors (Lipinski definition) is 1. The van der Waals surface area contributed by atoms with Crippen LogP contribution in [0.4, 0.5) is 20.6 Å². The zero-order chi connectivity index (χ0) is 16.6. The van der Waals surface area contributed by atoms with Gasteiger partial charge in [-0.3, -0.25) is 4.90 Å². The Morgan fingerprint density at radius 2 is 2.13 bits per heavy atom. The summed E-state index contributed by atoms with van der Waals surface area (Å²) in [7, 11) is 0. The predicted molar refractivity (Wildman–Crippen MR) is 91.7 cm³/mol. The molecule has 0 saturated carbocycles. The summed E-state index contributed by atoms with van der Waals surface area (Å²) in [6, 6.07) is 9.81. The van der Waals surface area contributed by atoms with Crippen LogP contribution < -0.4 is 15.0 Å². The number of hydrogen-bond acceptors (Lipinski definition) is 2. The third-order valence-electron chi connectivity index (χ3n) is 3.59. The molecule has 0 aromatic heterocycles. The van der Waals surface area contributed by atoms with Gasteiger partial charge in [-0.05, 0) is 49.7 Å². The van der Waals surface area contributed by atoms with Gasteiger partial charge in [0.2, 0.25) is 0 Å². The van der Waals surface area contributed by atoms with E-state index in [-0.39, 0.29) is 17.8 Å². The van der Waals surface area contributed by atoms with Crippen molar-refractivity contribution in [3.05, 3.63) is 52.3 Å². The molecule has 0 aliphatic carbocycles. The molecule has 1 heterocycles. The fourth-order valence-corrected chi connectivity index (χ4v) is 2.85. The van der Waals surface area contributed by atoms with Crippen molar-refractivity contribution in [2.45, 2.75) is 20.0 Å². The van der Waals surface area contributed by atoms with Gasteiger partial charge < -0.3 is 10.1 Å². The minimum atomic E-state index is -0.488. The predicted octanol–water partition coefficient (Wildman–Crippen LogP) is 4.72. The van der Waals surface area contributed by atoms with Gasteiger partial charge in [-0.25, -0.2) is 9.18 Å². The Labute approximate surface area is 142 Å². The number of amides is 2. The second-order valence-corrected chi connectivity index (χ2v) is 6.48. The number of carbonyl (C=O) groups excluding carboxylic acids is 1. The number of rotatable bonds is 1. The van der Waals surface area contributed by atoms with E-state index in [0.717, 1.165) is 5.56 Å². The summed E-state index contributed by atoms with van der Waals surface area (Å²) in [5.41, 5.74) is 1.86. The maximum Gasteiger partial charge on any atom is 0.326 e. The molecule has 1 N–H and O–H groups in total. The number of carbonyl (C=O) groups is 1. The lowest BCUT2D eigenvalue weighted by atomic mass is 10.1. The highest BCUT2D eigenvalue weighted by atomic mass is 79.9. The maximum absolute atomic E-state index is 13.9. The van der Waals surface area contributed by atoms with Gasteiger partial charge in [0.25, 0.3) is 0 Å². The third kappa shape index (κ3) is 3.32. The summed E-state index contributed by atoms with van der Waals surface area (Å²) in [5, 5.41) is 2.62. The zero-order valence-corrected chi connectivity index (χ0v) is 14.4. The zero-order valence-electron chi connectivity index (χ0n) is 12.8. The van der Waals surface area contributed by atoms with Gasteiger partial charge >= 0.3 is 6.03 Å². The SMILES string of the molecule is Cc1ccc2c(c1)N(C(=O)Nc1ccc(Br)cc1F)C[C@H](C)O2. The lowest BCUT2D eigenvalue weighted by Gasteiger charge is -2.33. The smallest absolute Gasteiger partial charge is 0.326 e. The topological polar surface area (TPSA) is 41.6 Å². The molecule has 0 fully saturated rings. The number of halogens is 2. The summed E-state index contributed by atoms with van der Waals surface area (Å²) < 4.78 is 20.3. The second-order valence-electron chi connectivity index (χ2n) is 5.56. The summed E-state index contributed by atoms with van der Waals surface area (Å²) >= 11 is 3.20. The van der Waals surface area contributed by atoms with Crippen LogP contribution in [-0.4, -0.2) is 18.7 Å². The Hall–Kier alpha value is -2.08. The highest BCUT2D eigenvalue weighted by molar-refractivity contribution is 9.10. The van der Waals surface area contributed by atoms with Gasteiger partial charge in [-0.15, -0.1) is 0 Å². The molecule has 2 aromatic rings.